The van der Waals surface area contributed by atoms with E-state index in [1.165, 1.54) is 16.9 Å². The molecule has 1 saturated heterocycles. The predicted molar refractivity (Wildman–Crippen MR) is 134 cm³/mol. The van der Waals surface area contributed by atoms with Gasteiger partial charge in [-0.05, 0) is 44.6 Å². The Morgan fingerprint density at radius 1 is 1.15 bits per heavy atom. The van der Waals surface area contributed by atoms with E-state index in [2.05, 4.69) is 46.5 Å². The van der Waals surface area contributed by atoms with Crippen molar-refractivity contribution in [2.24, 2.45) is 11.8 Å². The van der Waals surface area contributed by atoms with Crippen LogP contribution in [0.1, 0.15) is 43.7 Å². The zero-order chi connectivity index (χ0) is 23.6. The van der Waals surface area contributed by atoms with E-state index in [0.717, 1.165) is 33.4 Å². The van der Waals surface area contributed by atoms with Crippen LogP contribution in [0, 0.1) is 32.6 Å². The SMILES string of the molecule is Cc1ccc(-c2sc(C)nc2C(=O)N2C[C@H]3C[C@H]3[C@H]2CNC(=O)c2c(C)nc3sccn23)cc1. The van der Waals surface area contributed by atoms with Crippen LogP contribution in [0.5, 0.6) is 0 Å². The van der Waals surface area contributed by atoms with Gasteiger partial charge in [-0.1, -0.05) is 29.8 Å². The number of likely N-dealkylation sites (tertiary alicyclic amines) is 1. The zero-order valence-electron chi connectivity index (χ0n) is 19.2. The summed E-state index contributed by atoms with van der Waals surface area (Å²) in [6.07, 6.45) is 2.99. The molecule has 34 heavy (non-hydrogen) atoms. The molecule has 0 unspecified atom stereocenters. The van der Waals surface area contributed by atoms with Crippen molar-refractivity contribution in [3.8, 4) is 10.4 Å². The quantitative estimate of drug-likeness (QED) is 0.451. The molecule has 2 aliphatic rings. The topological polar surface area (TPSA) is 79.6 Å². The average Bonchev–Trinajstić information content (AvgIpc) is 3.14. The lowest BCUT2D eigenvalue weighted by atomic mass is 10.1. The van der Waals surface area contributed by atoms with Crippen molar-refractivity contribution in [2.45, 2.75) is 33.2 Å². The Hall–Kier alpha value is -3.04. The molecule has 2 fully saturated rings. The molecule has 1 N–H and O–H groups in total. The number of carbonyl (C=O) groups excluding carboxylic acids is 2. The van der Waals surface area contributed by atoms with Crippen molar-refractivity contribution in [1.82, 2.24) is 24.6 Å². The summed E-state index contributed by atoms with van der Waals surface area (Å²) in [6.45, 7) is 7.02. The summed E-state index contributed by atoms with van der Waals surface area (Å²) in [5.41, 5.74) is 4.01. The maximum atomic E-state index is 13.7. The monoisotopic (exact) mass is 491 g/mol. The lowest BCUT2D eigenvalue weighted by molar-refractivity contribution is 0.0690. The molecule has 1 aliphatic heterocycles. The number of amides is 2. The summed E-state index contributed by atoms with van der Waals surface area (Å²) < 4.78 is 1.83. The highest BCUT2D eigenvalue weighted by molar-refractivity contribution is 7.15. The number of benzene rings is 1. The fourth-order valence-corrected chi connectivity index (χ4v) is 6.80. The summed E-state index contributed by atoms with van der Waals surface area (Å²) in [7, 11) is 0. The number of thiazole rings is 2. The smallest absolute Gasteiger partial charge is 0.274 e. The minimum absolute atomic E-state index is 0.0134. The van der Waals surface area contributed by atoms with Crippen LogP contribution in [-0.4, -0.2) is 50.2 Å². The molecule has 0 spiro atoms. The summed E-state index contributed by atoms with van der Waals surface area (Å²) in [5.74, 6) is 0.782. The molecule has 174 valence electrons. The fraction of sp³-hybridized carbons (Fsp3) is 0.360. The number of nitrogens with zero attached hydrogens (tertiary/aromatic N) is 4. The number of fused-ring (bicyclic) bond motifs is 2. The summed E-state index contributed by atoms with van der Waals surface area (Å²) in [5, 5.41) is 5.90. The van der Waals surface area contributed by atoms with Crippen LogP contribution in [-0.2, 0) is 0 Å². The van der Waals surface area contributed by atoms with Gasteiger partial charge in [0.25, 0.3) is 11.8 Å². The van der Waals surface area contributed by atoms with Crippen LogP contribution >= 0.6 is 22.7 Å². The molecule has 4 heterocycles. The molecule has 0 bridgehead atoms. The highest BCUT2D eigenvalue weighted by Gasteiger charge is 2.54. The van der Waals surface area contributed by atoms with Crippen molar-refractivity contribution < 1.29 is 9.59 Å². The third kappa shape index (κ3) is 3.54. The maximum absolute atomic E-state index is 13.7. The van der Waals surface area contributed by atoms with E-state index in [-0.39, 0.29) is 17.9 Å². The number of nitrogens with one attached hydrogen (secondary N) is 1. The first-order valence-corrected chi connectivity index (χ1v) is 13.2. The Morgan fingerprint density at radius 2 is 1.94 bits per heavy atom. The van der Waals surface area contributed by atoms with Crippen molar-refractivity contribution in [3.05, 3.63) is 63.5 Å². The van der Waals surface area contributed by atoms with Crippen molar-refractivity contribution >= 4 is 39.4 Å². The molecule has 1 aliphatic carbocycles. The minimum Gasteiger partial charge on any atom is -0.349 e. The molecule has 2 amide bonds. The van der Waals surface area contributed by atoms with Crippen LogP contribution in [0.3, 0.4) is 0 Å². The summed E-state index contributed by atoms with van der Waals surface area (Å²) in [4.78, 5) is 39.5. The van der Waals surface area contributed by atoms with Crippen LogP contribution in [0.4, 0.5) is 0 Å². The van der Waals surface area contributed by atoms with Crippen LogP contribution in [0.25, 0.3) is 15.4 Å². The summed E-state index contributed by atoms with van der Waals surface area (Å²) >= 11 is 3.06. The molecular formula is C25H25N5O2S2. The van der Waals surface area contributed by atoms with E-state index >= 15 is 0 Å². The molecule has 9 heteroatoms. The number of piperidine rings is 1. The van der Waals surface area contributed by atoms with Crippen molar-refractivity contribution in [1.29, 1.82) is 0 Å². The predicted octanol–water partition coefficient (Wildman–Crippen LogP) is 4.34. The first-order valence-electron chi connectivity index (χ1n) is 11.5. The highest BCUT2D eigenvalue weighted by atomic mass is 32.1. The molecule has 7 nitrogen and oxygen atoms in total. The maximum Gasteiger partial charge on any atom is 0.274 e. The molecule has 6 rings (SSSR count). The normalized spacial score (nSPS) is 21.1. The Balaban J connectivity index is 1.23. The van der Waals surface area contributed by atoms with Gasteiger partial charge in [-0.3, -0.25) is 14.0 Å². The van der Waals surface area contributed by atoms with Gasteiger partial charge in [0.1, 0.15) is 11.4 Å². The third-order valence-electron chi connectivity index (χ3n) is 6.94. The van der Waals surface area contributed by atoms with E-state index in [1.54, 1.807) is 11.3 Å². The molecule has 4 aromatic rings. The number of imidazole rings is 1. The van der Waals surface area contributed by atoms with E-state index in [4.69, 9.17) is 0 Å². The molecule has 3 atom stereocenters. The number of aryl methyl sites for hydroxylation is 3. The second-order valence-corrected chi connectivity index (χ2v) is 11.3. The first kappa shape index (κ1) is 21.5. The number of aromatic nitrogens is 3. The van der Waals surface area contributed by atoms with E-state index < -0.39 is 0 Å². The highest BCUT2D eigenvalue weighted by Crippen LogP contribution is 2.50. The fourth-order valence-electron chi connectivity index (χ4n) is 5.12. The molecular weight excluding hydrogens is 466 g/mol. The van der Waals surface area contributed by atoms with Crippen molar-refractivity contribution in [2.75, 3.05) is 13.1 Å². The molecule has 3 aromatic heterocycles. The van der Waals surface area contributed by atoms with Gasteiger partial charge in [0.15, 0.2) is 4.96 Å². The van der Waals surface area contributed by atoms with E-state index in [1.807, 2.05) is 34.7 Å². The van der Waals surface area contributed by atoms with Gasteiger partial charge in [-0.2, -0.15) is 0 Å². The Labute approximate surface area is 205 Å². The molecule has 0 radical (unpaired) electrons. The van der Waals surface area contributed by atoms with E-state index in [9.17, 15) is 9.59 Å². The molecule has 1 saturated carbocycles. The third-order valence-corrected chi connectivity index (χ3v) is 8.71. The van der Waals surface area contributed by atoms with Crippen molar-refractivity contribution in [3.63, 3.8) is 0 Å². The Morgan fingerprint density at radius 3 is 2.74 bits per heavy atom. The number of hydrogen-bond donors (Lipinski definition) is 1. The van der Waals surface area contributed by atoms with Crippen LogP contribution in [0.2, 0.25) is 0 Å². The second kappa shape index (κ2) is 8.02. The van der Waals surface area contributed by atoms with Crippen LogP contribution in [0.15, 0.2) is 35.8 Å². The van der Waals surface area contributed by atoms with Gasteiger partial charge in [0, 0.05) is 24.7 Å². The van der Waals surface area contributed by atoms with Gasteiger partial charge in [0.05, 0.1) is 21.6 Å². The second-order valence-electron chi connectivity index (χ2n) is 9.27. The lowest BCUT2D eigenvalue weighted by Crippen LogP contribution is -2.46. The number of rotatable bonds is 5. The lowest BCUT2D eigenvalue weighted by Gasteiger charge is -2.27. The Bertz CT molecular complexity index is 1420. The van der Waals surface area contributed by atoms with Gasteiger partial charge in [-0.25, -0.2) is 9.97 Å². The van der Waals surface area contributed by atoms with Gasteiger partial charge in [-0.15, -0.1) is 22.7 Å². The van der Waals surface area contributed by atoms with Crippen LogP contribution < -0.4 is 5.32 Å². The largest absolute Gasteiger partial charge is 0.349 e. The Kier molecular flexibility index (Phi) is 5.07. The standard InChI is InChI=1S/C25H25N5O2S2/c1-13-4-6-16(7-5-13)22-20(28-15(3)34-22)24(32)30-12-17-10-18(17)19(30)11-26-23(31)21-14(2)27-25-29(21)8-9-33-25/h4-9,17-19H,10-12H2,1-3H3,(H,26,31)/t17-,18-,19-/m1/s1. The van der Waals surface area contributed by atoms with Gasteiger partial charge in [0.2, 0.25) is 0 Å². The first-order chi connectivity index (χ1) is 16.4. The van der Waals surface area contributed by atoms with E-state index in [0.29, 0.717) is 35.5 Å². The number of hydrogen-bond acceptors (Lipinski definition) is 6. The van der Waals surface area contributed by atoms with Gasteiger partial charge < -0.3 is 10.2 Å². The molecule has 1 aromatic carbocycles. The summed E-state index contributed by atoms with van der Waals surface area (Å²) in [6, 6.07) is 8.21. The number of carbonyl (C=O) groups is 2. The van der Waals surface area contributed by atoms with Gasteiger partial charge >= 0.3 is 0 Å². The zero-order valence-corrected chi connectivity index (χ0v) is 20.9. The minimum atomic E-state index is -0.148. The average molecular weight is 492 g/mol.